The molecule has 36 heavy (non-hydrogen) atoms. The van der Waals surface area contributed by atoms with Crippen molar-refractivity contribution in [1.29, 1.82) is 0 Å². The molecule has 0 radical (unpaired) electrons. The number of rotatable bonds is 7. The van der Waals surface area contributed by atoms with E-state index in [2.05, 4.69) is 5.10 Å². The molecule has 1 heterocycles. The van der Waals surface area contributed by atoms with Crippen LogP contribution < -0.4 is 4.18 Å². The van der Waals surface area contributed by atoms with Crippen LogP contribution >= 0.6 is 0 Å². The van der Waals surface area contributed by atoms with Gasteiger partial charge in [0.2, 0.25) is 11.7 Å². The minimum Gasteiger partial charge on any atom is -0.358 e. The maximum absolute atomic E-state index is 13.7. The zero-order valence-corrected chi connectivity index (χ0v) is 21.0. The van der Waals surface area contributed by atoms with Crippen molar-refractivity contribution in [2.45, 2.75) is 41.7 Å². The summed E-state index contributed by atoms with van der Waals surface area (Å²) in [6.07, 6.45) is -3.26. The zero-order chi connectivity index (χ0) is 26.6. The number of benzene rings is 2. The first-order chi connectivity index (χ1) is 16.6. The third-order valence-electron chi connectivity index (χ3n) is 5.65. The van der Waals surface area contributed by atoms with Gasteiger partial charge in [0.15, 0.2) is 9.84 Å². The molecule has 1 aliphatic rings. The van der Waals surface area contributed by atoms with Gasteiger partial charge in [-0.1, -0.05) is 23.8 Å². The Kier molecular flexibility index (Phi) is 6.28. The molecule has 1 aliphatic carbocycles. The molecule has 0 amide bonds. The number of carbonyl (C=O) groups is 1. The number of aromatic nitrogens is 2. The molecular formula is C23H21F3N2O6S2. The van der Waals surface area contributed by atoms with Crippen LogP contribution in [0.1, 0.15) is 51.5 Å². The fourth-order valence-corrected chi connectivity index (χ4v) is 5.92. The number of halogens is 3. The minimum absolute atomic E-state index is 0.133. The predicted octanol–water partition coefficient (Wildman–Crippen LogP) is 4.03. The van der Waals surface area contributed by atoms with E-state index in [9.17, 15) is 34.8 Å². The van der Waals surface area contributed by atoms with Crippen LogP contribution in [0.15, 0.2) is 52.3 Å². The minimum atomic E-state index is -5.06. The first kappa shape index (κ1) is 25.9. The maximum atomic E-state index is 13.7. The molecule has 3 aromatic rings. The molecule has 0 saturated heterocycles. The van der Waals surface area contributed by atoms with Crippen LogP contribution in [-0.2, 0) is 33.2 Å². The van der Waals surface area contributed by atoms with E-state index in [1.807, 2.05) is 0 Å². The van der Waals surface area contributed by atoms with Crippen LogP contribution in [0.5, 0.6) is 5.88 Å². The lowest BCUT2D eigenvalue weighted by Crippen LogP contribution is -2.19. The van der Waals surface area contributed by atoms with Gasteiger partial charge in [0.25, 0.3) is 0 Å². The van der Waals surface area contributed by atoms with E-state index < -0.39 is 53.8 Å². The number of nitrogens with zero attached hydrogens (tertiary/aromatic N) is 2. The Labute approximate surface area is 205 Å². The molecule has 0 bridgehead atoms. The molecule has 13 heteroatoms. The highest BCUT2D eigenvalue weighted by atomic mass is 32.2. The lowest BCUT2D eigenvalue weighted by Gasteiger charge is -2.15. The quantitative estimate of drug-likeness (QED) is 0.327. The topological polar surface area (TPSA) is 112 Å². The summed E-state index contributed by atoms with van der Waals surface area (Å²) in [7, 11) is -7.67. The summed E-state index contributed by atoms with van der Waals surface area (Å²) in [6.45, 7) is 1.76. The van der Waals surface area contributed by atoms with Crippen molar-refractivity contribution in [3.63, 3.8) is 0 Å². The highest BCUT2D eigenvalue weighted by Gasteiger charge is 2.41. The van der Waals surface area contributed by atoms with Gasteiger partial charge in [-0.25, -0.2) is 13.1 Å². The number of hydrogen-bond acceptors (Lipinski definition) is 7. The van der Waals surface area contributed by atoms with Crippen LogP contribution in [0.4, 0.5) is 13.2 Å². The van der Waals surface area contributed by atoms with Gasteiger partial charge in [-0.2, -0.15) is 26.7 Å². The van der Waals surface area contributed by atoms with Gasteiger partial charge in [-0.15, -0.1) is 0 Å². The third-order valence-corrected chi connectivity index (χ3v) is 8.06. The largest absolute Gasteiger partial charge is 0.417 e. The molecule has 8 nitrogen and oxygen atoms in total. The van der Waals surface area contributed by atoms with Gasteiger partial charge in [-0.05, 0) is 44.0 Å². The van der Waals surface area contributed by atoms with Crippen molar-refractivity contribution in [2.24, 2.45) is 7.05 Å². The molecule has 0 atom stereocenters. The first-order valence-electron chi connectivity index (χ1n) is 10.6. The number of ketones is 1. The Morgan fingerprint density at radius 3 is 2.19 bits per heavy atom. The van der Waals surface area contributed by atoms with E-state index in [1.54, 1.807) is 19.1 Å². The molecule has 0 N–H and O–H groups in total. The zero-order valence-electron chi connectivity index (χ0n) is 19.3. The maximum Gasteiger partial charge on any atom is 0.417 e. The van der Waals surface area contributed by atoms with E-state index in [1.165, 1.54) is 19.2 Å². The Morgan fingerprint density at radius 1 is 1.06 bits per heavy atom. The summed E-state index contributed by atoms with van der Waals surface area (Å²) >= 11 is 0. The van der Waals surface area contributed by atoms with E-state index >= 15 is 0 Å². The lowest BCUT2D eigenvalue weighted by molar-refractivity contribution is -0.139. The van der Waals surface area contributed by atoms with Gasteiger partial charge < -0.3 is 4.18 Å². The molecule has 4 rings (SSSR count). The average molecular weight is 543 g/mol. The van der Waals surface area contributed by atoms with Crippen molar-refractivity contribution in [3.05, 3.63) is 70.4 Å². The smallest absolute Gasteiger partial charge is 0.358 e. The van der Waals surface area contributed by atoms with Crippen molar-refractivity contribution in [2.75, 3.05) is 6.26 Å². The summed E-state index contributed by atoms with van der Waals surface area (Å²) in [5.74, 6) is -1.90. The van der Waals surface area contributed by atoms with Crippen molar-refractivity contribution >= 4 is 25.7 Å². The standard InChI is InChI=1S/C23H21F3N2O6S2/c1-13-7-11-15(12-8-13)36(32,33)34-22-18(19(14-9-10-14)27-28(22)2)20(29)16-5-4-6-17(23(24,25)26)21(16)35(3,30)31/h4-8,11-12,14H,9-10H2,1-3H3. The SMILES string of the molecule is Cc1ccc(S(=O)(=O)Oc2c(C(=O)c3cccc(C(F)(F)F)c3S(C)(=O)=O)c(C3CC3)nn2C)cc1. The van der Waals surface area contributed by atoms with Crippen LogP contribution in [0.2, 0.25) is 0 Å². The Morgan fingerprint density at radius 2 is 1.67 bits per heavy atom. The van der Waals surface area contributed by atoms with Crippen LogP contribution in [0.3, 0.4) is 0 Å². The van der Waals surface area contributed by atoms with Gasteiger partial charge in [-0.3, -0.25) is 4.79 Å². The normalized spacial score (nSPS) is 14.6. The van der Waals surface area contributed by atoms with Crippen molar-refractivity contribution < 1.29 is 39.0 Å². The number of hydrogen-bond donors (Lipinski definition) is 0. The summed E-state index contributed by atoms with van der Waals surface area (Å²) in [5, 5.41) is 4.21. The van der Waals surface area contributed by atoms with E-state index in [0.29, 0.717) is 25.2 Å². The van der Waals surface area contributed by atoms with Gasteiger partial charge >= 0.3 is 16.3 Å². The number of carbonyl (C=O) groups excluding carboxylic acids is 1. The van der Waals surface area contributed by atoms with E-state index in [4.69, 9.17) is 4.18 Å². The highest BCUT2D eigenvalue weighted by Crippen LogP contribution is 2.45. The van der Waals surface area contributed by atoms with E-state index in [0.717, 1.165) is 22.4 Å². The molecule has 0 aliphatic heterocycles. The first-order valence-corrected chi connectivity index (χ1v) is 13.9. The fourth-order valence-electron chi connectivity index (χ4n) is 3.81. The molecule has 0 spiro atoms. The molecule has 192 valence electrons. The third kappa shape index (κ3) is 4.89. The molecule has 1 saturated carbocycles. The molecule has 2 aromatic carbocycles. The number of aryl methyl sites for hydroxylation is 2. The summed E-state index contributed by atoms with van der Waals surface area (Å²) < 4.78 is 98.1. The highest BCUT2D eigenvalue weighted by molar-refractivity contribution is 7.90. The summed E-state index contributed by atoms with van der Waals surface area (Å²) in [6, 6.07) is 8.14. The Hall–Kier alpha value is -3.19. The van der Waals surface area contributed by atoms with Gasteiger partial charge in [0.05, 0.1) is 16.2 Å². The van der Waals surface area contributed by atoms with Crippen LogP contribution in [-0.4, -0.2) is 38.7 Å². The number of sulfone groups is 1. The Balaban J connectivity index is 1.92. The molecular weight excluding hydrogens is 521 g/mol. The number of alkyl halides is 3. The monoisotopic (exact) mass is 542 g/mol. The summed E-state index contributed by atoms with van der Waals surface area (Å²) in [5.41, 5.74) is -1.71. The van der Waals surface area contributed by atoms with E-state index in [-0.39, 0.29) is 22.1 Å². The summed E-state index contributed by atoms with van der Waals surface area (Å²) in [4.78, 5) is 12.3. The average Bonchev–Trinajstić information content (AvgIpc) is 3.57. The van der Waals surface area contributed by atoms with Crippen molar-refractivity contribution in [3.8, 4) is 5.88 Å². The molecule has 1 fully saturated rings. The van der Waals surface area contributed by atoms with Crippen molar-refractivity contribution in [1.82, 2.24) is 9.78 Å². The van der Waals surface area contributed by atoms with Gasteiger partial charge in [0.1, 0.15) is 10.5 Å². The second-order valence-corrected chi connectivity index (χ2v) is 12.1. The van der Waals surface area contributed by atoms with Gasteiger partial charge in [0, 0.05) is 24.8 Å². The molecule has 0 unspecified atom stereocenters. The second-order valence-electron chi connectivity index (χ2n) is 8.60. The fraction of sp³-hybridized carbons (Fsp3) is 0.304. The lowest BCUT2D eigenvalue weighted by atomic mass is 9.99. The second kappa shape index (κ2) is 8.73. The molecule has 1 aromatic heterocycles. The van der Waals surface area contributed by atoms with Crippen LogP contribution in [0.25, 0.3) is 0 Å². The van der Waals surface area contributed by atoms with Crippen LogP contribution in [0, 0.1) is 6.92 Å². The Bertz CT molecular complexity index is 1570. The predicted molar refractivity (Wildman–Crippen MR) is 122 cm³/mol.